The van der Waals surface area contributed by atoms with Crippen LogP contribution in [-0.4, -0.2) is 21.4 Å². The number of carbonyl (C=O) groups is 1. The SMILES string of the molecule is Cc1nnc(S[C@H](C)C(=O)Nc2cccc(Br)c2)s1. The van der Waals surface area contributed by atoms with E-state index in [2.05, 4.69) is 31.4 Å². The van der Waals surface area contributed by atoms with Gasteiger partial charge in [0.05, 0.1) is 5.25 Å². The summed E-state index contributed by atoms with van der Waals surface area (Å²) in [6.45, 7) is 3.75. The van der Waals surface area contributed by atoms with E-state index in [0.29, 0.717) is 0 Å². The van der Waals surface area contributed by atoms with Gasteiger partial charge in [0, 0.05) is 10.2 Å². The third-order valence-corrected chi connectivity index (χ3v) is 4.76. The molecule has 1 N–H and O–H groups in total. The van der Waals surface area contributed by atoms with Crippen molar-refractivity contribution in [1.82, 2.24) is 10.2 Å². The van der Waals surface area contributed by atoms with Crippen LogP contribution in [-0.2, 0) is 4.79 Å². The topological polar surface area (TPSA) is 54.9 Å². The van der Waals surface area contributed by atoms with Crippen molar-refractivity contribution >= 4 is 50.6 Å². The molecule has 0 spiro atoms. The van der Waals surface area contributed by atoms with Gasteiger partial charge in [0.2, 0.25) is 5.91 Å². The quantitative estimate of drug-likeness (QED) is 0.847. The van der Waals surface area contributed by atoms with Gasteiger partial charge in [0.25, 0.3) is 0 Å². The Morgan fingerprint density at radius 2 is 2.26 bits per heavy atom. The number of halogens is 1. The summed E-state index contributed by atoms with van der Waals surface area (Å²) in [6, 6.07) is 7.52. The van der Waals surface area contributed by atoms with Crippen molar-refractivity contribution < 1.29 is 4.79 Å². The molecule has 0 saturated heterocycles. The van der Waals surface area contributed by atoms with E-state index in [1.54, 1.807) is 0 Å². The molecule has 19 heavy (non-hydrogen) atoms. The standard InChI is InChI=1S/C12H12BrN3OS2/c1-7(18-12-16-15-8(2)19-12)11(17)14-10-5-3-4-9(13)6-10/h3-7H,1-2H3,(H,14,17)/t7-/m1/s1. The molecule has 0 fully saturated rings. The Morgan fingerprint density at radius 1 is 1.47 bits per heavy atom. The lowest BCUT2D eigenvalue weighted by Crippen LogP contribution is -2.22. The number of amides is 1. The van der Waals surface area contributed by atoms with Crippen molar-refractivity contribution in [3.05, 3.63) is 33.7 Å². The number of thioether (sulfide) groups is 1. The number of hydrogen-bond donors (Lipinski definition) is 1. The molecule has 0 unspecified atom stereocenters. The van der Waals surface area contributed by atoms with Gasteiger partial charge in [-0.2, -0.15) is 0 Å². The third kappa shape index (κ3) is 4.29. The van der Waals surface area contributed by atoms with E-state index in [-0.39, 0.29) is 11.2 Å². The van der Waals surface area contributed by atoms with Gasteiger partial charge >= 0.3 is 0 Å². The first-order chi connectivity index (χ1) is 9.04. The Kier molecular flexibility index (Phi) is 4.95. The zero-order chi connectivity index (χ0) is 13.8. The summed E-state index contributed by atoms with van der Waals surface area (Å²) in [5.74, 6) is -0.0454. The normalized spacial score (nSPS) is 12.2. The van der Waals surface area contributed by atoms with E-state index in [0.717, 1.165) is 19.5 Å². The number of nitrogens with one attached hydrogen (secondary N) is 1. The molecule has 1 aromatic heterocycles. The molecule has 0 radical (unpaired) electrons. The molecule has 4 nitrogen and oxygen atoms in total. The monoisotopic (exact) mass is 357 g/mol. The average molecular weight is 358 g/mol. The van der Waals surface area contributed by atoms with E-state index in [1.807, 2.05) is 38.1 Å². The lowest BCUT2D eigenvalue weighted by molar-refractivity contribution is -0.115. The van der Waals surface area contributed by atoms with Gasteiger partial charge in [-0.3, -0.25) is 4.79 Å². The molecule has 0 bridgehead atoms. The van der Waals surface area contributed by atoms with E-state index in [9.17, 15) is 4.79 Å². The molecule has 1 aromatic carbocycles. The Morgan fingerprint density at radius 3 is 2.89 bits per heavy atom. The molecule has 2 rings (SSSR count). The molecule has 1 heterocycles. The number of hydrogen-bond acceptors (Lipinski definition) is 5. The molecular weight excluding hydrogens is 346 g/mol. The molecular formula is C12H12BrN3OS2. The smallest absolute Gasteiger partial charge is 0.237 e. The molecule has 0 aliphatic heterocycles. The average Bonchev–Trinajstić information content (AvgIpc) is 2.74. The van der Waals surface area contributed by atoms with Crippen LogP contribution >= 0.6 is 39.0 Å². The second-order valence-corrected chi connectivity index (χ2v) is 7.53. The number of nitrogens with zero attached hydrogens (tertiary/aromatic N) is 2. The van der Waals surface area contributed by atoms with Crippen LogP contribution in [0.25, 0.3) is 0 Å². The van der Waals surface area contributed by atoms with Gasteiger partial charge in [0.1, 0.15) is 5.01 Å². The molecule has 100 valence electrons. The van der Waals surface area contributed by atoms with E-state index >= 15 is 0 Å². The van der Waals surface area contributed by atoms with Gasteiger partial charge in [-0.15, -0.1) is 10.2 Å². The highest BCUT2D eigenvalue weighted by atomic mass is 79.9. The van der Waals surface area contributed by atoms with Crippen molar-refractivity contribution in [3.8, 4) is 0 Å². The Labute approximate surface area is 128 Å². The van der Waals surface area contributed by atoms with Crippen molar-refractivity contribution in [2.24, 2.45) is 0 Å². The molecule has 0 aliphatic carbocycles. The van der Waals surface area contributed by atoms with Gasteiger partial charge < -0.3 is 5.32 Å². The minimum Gasteiger partial charge on any atom is -0.325 e. The number of anilines is 1. The summed E-state index contributed by atoms with van der Waals surface area (Å²) in [6.07, 6.45) is 0. The predicted molar refractivity (Wildman–Crippen MR) is 82.7 cm³/mol. The number of rotatable bonds is 4. The second-order valence-electron chi connectivity index (χ2n) is 3.85. The summed E-state index contributed by atoms with van der Waals surface area (Å²) in [5, 5.41) is 11.5. The second kappa shape index (κ2) is 6.49. The van der Waals surface area contributed by atoms with Gasteiger partial charge in [-0.25, -0.2) is 0 Å². The summed E-state index contributed by atoms with van der Waals surface area (Å²) in [7, 11) is 0. The lowest BCUT2D eigenvalue weighted by atomic mass is 10.3. The number of aromatic nitrogens is 2. The lowest BCUT2D eigenvalue weighted by Gasteiger charge is -2.10. The Hall–Kier alpha value is -0.920. The van der Waals surface area contributed by atoms with Crippen molar-refractivity contribution in [1.29, 1.82) is 0 Å². The highest BCUT2D eigenvalue weighted by molar-refractivity contribution is 9.10. The maximum Gasteiger partial charge on any atom is 0.237 e. The maximum absolute atomic E-state index is 12.0. The van der Waals surface area contributed by atoms with Gasteiger partial charge in [0.15, 0.2) is 4.34 Å². The van der Waals surface area contributed by atoms with Crippen molar-refractivity contribution in [2.75, 3.05) is 5.32 Å². The highest BCUT2D eigenvalue weighted by Crippen LogP contribution is 2.27. The molecule has 1 atom stereocenters. The maximum atomic E-state index is 12.0. The molecule has 0 saturated carbocycles. The largest absolute Gasteiger partial charge is 0.325 e. The fourth-order valence-electron chi connectivity index (χ4n) is 1.34. The molecule has 0 aliphatic rings. The van der Waals surface area contributed by atoms with Crippen molar-refractivity contribution in [2.45, 2.75) is 23.4 Å². The van der Waals surface area contributed by atoms with Gasteiger partial charge in [-0.05, 0) is 32.0 Å². The fourth-order valence-corrected chi connectivity index (χ4v) is 3.70. The summed E-state index contributed by atoms with van der Waals surface area (Å²) < 4.78 is 1.75. The molecule has 2 aromatic rings. The van der Waals surface area contributed by atoms with Crippen LogP contribution in [0, 0.1) is 6.92 Å². The number of carbonyl (C=O) groups excluding carboxylic acids is 1. The minimum atomic E-state index is -0.216. The highest BCUT2D eigenvalue weighted by Gasteiger charge is 2.16. The minimum absolute atomic E-state index is 0.0454. The fraction of sp³-hybridized carbons (Fsp3) is 0.250. The van der Waals surface area contributed by atoms with Crippen LogP contribution in [0.1, 0.15) is 11.9 Å². The first kappa shape index (κ1) is 14.5. The van der Waals surface area contributed by atoms with E-state index in [1.165, 1.54) is 23.1 Å². The first-order valence-electron chi connectivity index (χ1n) is 5.58. The predicted octanol–water partition coefficient (Wildman–Crippen LogP) is 3.73. The third-order valence-electron chi connectivity index (χ3n) is 2.25. The van der Waals surface area contributed by atoms with Crippen LogP contribution in [0.5, 0.6) is 0 Å². The van der Waals surface area contributed by atoms with Crippen LogP contribution in [0.2, 0.25) is 0 Å². The Bertz CT molecular complexity index is 588. The first-order valence-corrected chi connectivity index (χ1v) is 8.06. The van der Waals surface area contributed by atoms with Gasteiger partial charge in [-0.1, -0.05) is 45.1 Å². The van der Waals surface area contributed by atoms with E-state index < -0.39 is 0 Å². The number of benzene rings is 1. The van der Waals surface area contributed by atoms with E-state index in [4.69, 9.17) is 0 Å². The van der Waals surface area contributed by atoms with Crippen LogP contribution in [0.15, 0.2) is 33.1 Å². The zero-order valence-corrected chi connectivity index (χ0v) is 13.6. The Balaban J connectivity index is 1.96. The molecule has 1 amide bonds. The van der Waals surface area contributed by atoms with Crippen LogP contribution < -0.4 is 5.32 Å². The summed E-state index contributed by atoms with van der Waals surface area (Å²) >= 11 is 6.29. The van der Waals surface area contributed by atoms with Crippen molar-refractivity contribution in [3.63, 3.8) is 0 Å². The summed E-state index contributed by atoms with van der Waals surface area (Å²) in [4.78, 5) is 12.0. The van der Waals surface area contributed by atoms with Crippen LogP contribution in [0.4, 0.5) is 5.69 Å². The number of aryl methyl sites for hydroxylation is 1. The molecule has 7 heteroatoms. The zero-order valence-electron chi connectivity index (χ0n) is 10.4. The summed E-state index contributed by atoms with van der Waals surface area (Å²) in [5.41, 5.74) is 0.778. The van der Waals surface area contributed by atoms with Crippen LogP contribution in [0.3, 0.4) is 0 Å².